The fourth-order valence-corrected chi connectivity index (χ4v) is 5.22. The molecule has 1 fully saturated rings. The van der Waals surface area contributed by atoms with Gasteiger partial charge >= 0.3 is 6.18 Å². The third-order valence-corrected chi connectivity index (χ3v) is 6.87. The summed E-state index contributed by atoms with van der Waals surface area (Å²) >= 11 is 0. The number of nitrogens with one attached hydrogen (secondary N) is 1. The zero-order chi connectivity index (χ0) is 22.1. The predicted molar refractivity (Wildman–Crippen MR) is 105 cm³/mol. The van der Waals surface area contributed by atoms with Gasteiger partial charge in [0, 0.05) is 24.4 Å². The average Bonchev–Trinajstić information content (AvgIpc) is 2.67. The lowest BCUT2D eigenvalue weighted by Crippen LogP contribution is -2.38. The Balaban J connectivity index is 2.00. The molecule has 1 aliphatic rings. The SMILES string of the molecule is Cc1nc(N)ncc1-c1ccc(C(F)(F)F)c(S(=O)(=O)NC2CCC(CO)CC2)c1. The number of rotatable bonds is 5. The Bertz CT molecular complexity index is 1020. The van der Waals surface area contributed by atoms with Crippen molar-refractivity contribution >= 4 is 16.0 Å². The highest BCUT2D eigenvalue weighted by Gasteiger charge is 2.38. The summed E-state index contributed by atoms with van der Waals surface area (Å²) in [5.74, 6) is 0.101. The van der Waals surface area contributed by atoms with Gasteiger partial charge in [0.25, 0.3) is 0 Å². The number of nitrogens with two attached hydrogens (primary N) is 1. The highest BCUT2D eigenvalue weighted by atomic mass is 32.2. The van der Waals surface area contributed by atoms with Gasteiger partial charge in [0.05, 0.1) is 16.2 Å². The second-order valence-electron chi connectivity index (χ2n) is 7.46. The van der Waals surface area contributed by atoms with Gasteiger partial charge in [-0.05, 0) is 56.2 Å². The van der Waals surface area contributed by atoms with Gasteiger partial charge in [-0.2, -0.15) is 13.2 Å². The molecule has 2 aromatic rings. The first-order chi connectivity index (χ1) is 14.0. The van der Waals surface area contributed by atoms with E-state index >= 15 is 0 Å². The minimum absolute atomic E-state index is 0.0103. The second kappa shape index (κ2) is 8.48. The van der Waals surface area contributed by atoms with Crippen molar-refractivity contribution in [2.75, 3.05) is 12.3 Å². The van der Waals surface area contributed by atoms with Crippen LogP contribution in [-0.2, 0) is 16.2 Å². The van der Waals surface area contributed by atoms with E-state index in [4.69, 9.17) is 5.73 Å². The van der Waals surface area contributed by atoms with E-state index in [1.807, 2.05) is 0 Å². The minimum Gasteiger partial charge on any atom is -0.396 e. The Labute approximate surface area is 172 Å². The molecule has 0 spiro atoms. The number of sulfonamides is 1. The van der Waals surface area contributed by atoms with E-state index in [0.29, 0.717) is 36.9 Å². The number of aromatic nitrogens is 2. The normalized spacial score (nSPS) is 20.3. The van der Waals surface area contributed by atoms with Crippen molar-refractivity contribution in [3.8, 4) is 11.1 Å². The lowest BCUT2D eigenvalue weighted by atomic mass is 9.87. The summed E-state index contributed by atoms with van der Waals surface area (Å²) in [5, 5.41) is 9.21. The molecular weight excluding hydrogens is 421 g/mol. The number of hydrogen-bond acceptors (Lipinski definition) is 6. The van der Waals surface area contributed by atoms with E-state index in [0.717, 1.165) is 12.1 Å². The predicted octanol–water partition coefficient (Wildman–Crippen LogP) is 2.88. The lowest BCUT2D eigenvalue weighted by Gasteiger charge is -2.28. The van der Waals surface area contributed by atoms with Gasteiger partial charge < -0.3 is 10.8 Å². The van der Waals surface area contributed by atoms with E-state index < -0.39 is 32.7 Å². The first-order valence-corrected chi connectivity index (χ1v) is 10.9. The van der Waals surface area contributed by atoms with Gasteiger partial charge in [0.2, 0.25) is 16.0 Å². The Morgan fingerprint density at radius 3 is 2.47 bits per heavy atom. The third kappa shape index (κ3) is 4.90. The maximum absolute atomic E-state index is 13.6. The molecule has 3 rings (SSSR count). The lowest BCUT2D eigenvalue weighted by molar-refractivity contribution is -0.139. The molecule has 164 valence electrons. The van der Waals surface area contributed by atoms with Crippen molar-refractivity contribution in [2.45, 2.75) is 49.7 Å². The van der Waals surface area contributed by atoms with Gasteiger partial charge in [0.1, 0.15) is 0 Å². The fourth-order valence-electron chi connectivity index (χ4n) is 3.66. The van der Waals surface area contributed by atoms with E-state index in [9.17, 15) is 26.7 Å². The number of hydrogen-bond donors (Lipinski definition) is 3. The van der Waals surface area contributed by atoms with Crippen molar-refractivity contribution in [1.82, 2.24) is 14.7 Å². The second-order valence-corrected chi connectivity index (χ2v) is 9.14. The topological polar surface area (TPSA) is 118 Å². The zero-order valence-corrected chi connectivity index (χ0v) is 17.1. The number of nitrogen functional groups attached to an aromatic ring is 1. The Kier molecular flexibility index (Phi) is 6.34. The molecule has 1 saturated carbocycles. The van der Waals surface area contributed by atoms with Crippen LogP contribution in [0, 0.1) is 12.8 Å². The molecule has 0 unspecified atom stereocenters. The monoisotopic (exact) mass is 444 g/mol. The Morgan fingerprint density at radius 1 is 1.23 bits per heavy atom. The molecule has 0 amide bonds. The van der Waals surface area contributed by atoms with Crippen LogP contribution in [0.2, 0.25) is 0 Å². The van der Waals surface area contributed by atoms with E-state index in [1.54, 1.807) is 6.92 Å². The molecule has 0 saturated heterocycles. The third-order valence-electron chi connectivity index (χ3n) is 5.31. The molecule has 30 heavy (non-hydrogen) atoms. The first-order valence-electron chi connectivity index (χ1n) is 9.45. The Hall–Kier alpha value is -2.24. The smallest absolute Gasteiger partial charge is 0.396 e. The van der Waals surface area contributed by atoms with Crippen LogP contribution in [-0.4, -0.2) is 36.1 Å². The number of aliphatic hydroxyl groups is 1. The van der Waals surface area contributed by atoms with Gasteiger partial charge in [-0.1, -0.05) is 6.07 Å². The van der Waals surface area contributed by atoms with Crippen molar-refractivity contribution in [1.29, 1.82) is 0 Å². The maximum Gasteiger partial charge on any atom is 0.417 e. The molecular formula is C19H23F3N4O3S. The zero-order valence-electron chi connectivity index (χ0n) is 16.3. The molecule has 0 atom stereocenters. The average molecular weight is 444 g/mol. The molecule has 4 N–H and O–H groups in total. The number of benzene rings is 1. The minimum atomic E-state index is -4.84. The number of aryl methyl sites for hydroxylation is 1. The van der Waals surface area contributed by atoms with Crippen LogP contribution in [0.5, 0.6) is 0 Å². The summed E-state index contributed by atoms with van der Waals surface area (Å²) in [6, 6.07) is 2.45. The van der Waals surface area contributed by atoms with Crippen molar-refractivity contribution in [3.63, 3.8) is 0 Å². The first kappa shape index (κ1) is 22.4. The van der Waals surface area contributed by atoms with E-state index in [2.05, 4.69) is 14.7 Å². The van der Waals surface area contributed by atoms with Gasteiger partial charge in [-0.3, -0.25) is 0 Å². The van der Waals surface area contributed by atoms with Crippen LogP contribution in [0.15, 0.2) is 29.3 Å². The number of aliphatic hydroxyl groups excluding tert-OH is 1. The summed E-state index contributed by atoms with van der Waals surface area (Å²) in [5.41, 5.74) is 5.32. The van der Waals surface area contributed by atoms with Crippen molar-refractivity contribution in [3.05, 3.63) is 35.7 Å². The van der Waals surface area contributed by atoms with Crippen molar-refractivity contribution < 1.29 is 26.7 Å². The van der Waals surface area contributed by atoms with Crippen LogP contribution in [0.4, 0.5) is 19.1 Å². The van der Waals surface area contributed by atoms with Gasteiger partial charge in [-0.15, -0.1) is 0 Å². The van der Waals surface area contributed by atoms with Crippen LogP contribution < -0.4 is 10.5 Å². The van der Waals surface area contributed by atoms with Gasteiger partial charge in [0.15, 0.2) is 0 Å². The van der Waals surface area contributed by atoms with Gasteiger partial charge in [-0.25, -0.2) is 23.1 Å². The molecule has 11 heteroatoms. The van der Waals surface area contributed by atoms with E-state index in [-0.39, 0.29) is 24.0 Å². The quantitative estimate of drug-likeness (QED) is 0.653. The van der Waals surface area contributed by atoms with Crippen molar-refractivity contribution in [2.24, 2.45) is 5.92 Å². The molecule has 1 aliphatic carbocycles. The highest BCUT2D eigenvalue weighted by Crippen LogP contribution is 2.37. The largest absolute Gasteiger partial charge is 0.417 e. The maximum atomic E-state index is 13.6. The molecule has 0 aliphatic heterocycles. The molecule has 1 aromatic heterocycles. The fraction of sp³-hybridized carbons (Fsp3) is 0.474. The molecule has 0 bridgehead atoms. The number of alkyl halides is 3. The molecule has 0 radical (unpaired) electrons. The van der Waals surface area contributed by atoms with Crippen LogP contribution in [0.25, 0.3) is 11.1 Å². The highest BCUT2D eigenvalue weighted by molar-refractivity contribution is 7.89. The molecule has 1 heterocycles. The van der Waals surface area contributed by atoms with E-state index in [1.165, 1.54) is 12.3 Å². The summed E-state index contributed by atoms with van der Waals surface area (Å²) < 4.78 is 68.9. The Morgan fingerprint density at radius 2 is 1.90 bits per heavy atom. The van der Waals surface area contributed by atoms with Crippen LogP contribution in [0.1, 0.15) is 36.9 Å². The van der Waals surface area contributed by atoms with Crippen LogP contribution in [0.3, 0.4) is 0 Å². The standard InChI is InChI=1S/C19H23F3N4O3S/c1-11-15(9-24-18(23)25-11)13-4-7-16(19(20,21)22)17(8-13)30(28,29)26-14-5-2-12(10-27)3-6-14/h4,7-9,12,14,26-27H,2-3,5-6,10H2,1H3,(H2,23,24,25). The summed E-state index contributed by atoms with van der Waals surface area (Å²) in [4.78, 5) is 6.99. The number of nitrogens with zero attached hydrogens (tertiary/aromatic N) is 2. The summed E-state index contributed by atoms with van der Waals surface area (Å²) in [7, 11) is -4.45. The number of halogens is 3. The summed E-state index contributed by atoms with van der Waals surface area (Å²) in [6.45, 7) is 1.62. The van der Waals surface area contributed by atoms with Crippen LogP contribution >= 0.6 is 0 Å². The molecule has 1 aromatic carbocycles. The molecule has 7 nitrogen and oxygen atoms in total. The number of anilines is 1. The summed E-state index contributed by atoms with van der Waals surface area (Å²) in [6.07, 6.45) is -1.37.